The van der Waals surface area contributed by atoms with Crippen molar-refractivity contribution in [2.45, 2.75) is 108 Å². The van der Waals surface area contributed by atoms with E-state index in [-0.39, 0.29) is 0 Å². The van der Waals surface area contributed by atoms with Crippen LogP contribution < -0.4 is 11.5 Å². The van der Waals surface area contributed by atoms with Gasteiger partial charge in [-0.1, -0.05) is 62.8 Å². The van der Waals surface area contributed by atoms with E-state index < -0.39 is 0 Å². The van der Waals surface area contributed by atoms with Crippen LogP contribution >= 0.6 is 0 Å². The van der Waals surface area contributed by atoms with E-state index in [1.807, 2.05) is 18.2 Å². The summed E-state index contributed by atoms with van der Waals surface area (Å²) >= 11 is 0. The highest BCUT2D eigenvalue weighted by Gasteiger charge is 2.29. The van der Waals surface area contributed by atoms with E-state index in [0.29, 0.717) is 12.0 Å². The molecule has 3 heteroatoms. The second-order valence-electron chi connectivity index (χ2n) is 12.3. The summed E-state index contributed by atoms with van der Waals surface area (Å²) in [7, 11) is 0. The van der Waals surface area contributed by atoms with Gasteiger partial charge in [0.25, 0.3) is 0 Å². The standard InChI is InChI=1S/C33H48N2O/c34-31-20-26(21-32(35)22-31)19-24-7-11-29(12-8-24)30-15-17-33(18-16-30)36-23-25-9-13-28(14-10-25)27-5-3-1-2-4-6-27/h7-8,11-12,20-22,25,27-28,30,33H,1-6,9-10,13-19,23,34-35H2. The Labute approximate surface area is 219 Å². The Kier molecular flexibility index (Phi) is 8.90. The Morgan fingerprint density at radius 1 is 0.611 bits per heavy atom. The van der Waals surface area contributed by atoms with E-state index in [0.717, 1.165) is 42.2 Å². The zero-order valence-corrected chi connectivity index (χ0v) is 22.3. The lowest BCUT2D eigenvalue weighted by molar-refractivity contribution is -0.00687. The molecular weight excluding hydrogens is 440 g/mol. The summed E-state index contributed by atoms with van der Waals surface area (Å²) in [6, 6.07) is 15.1. The molecule has 0 aromatic heterocycles. The third-order valence-electron chi connectivity index (χ3n) is 9.60. The van der Waals surface area contributed by atoms with Gasteiger partial charge in [-0.3, -0.25) is 0 Å². The fourth-order valence-electron chi connectivity index (χ4n) is 7.43. The number of hydrogen-bond acceptors (Lipinski definition) is 3. The van der Waals surface area contributed by atoms with Crippen LogP contribution in [0.25, 0.3) is 0 Å². The topological polar surface area (TPSA) is 61.3 Å². The van der Waals surface area contributed by atoms with Crippen molar-refractivity contribution in [3.63, 3.8) is 0 Å². The average Bonchev–Trinajstić information content (AvgIpc) is 3.18. The van der Waals surface area contributed by atoms with Gasteiger partial charge in [-0.05, 0) is 116 Å². The average molecular weight is 489 g/mol. The Morgan fingerprint density at radius 3 is 1.86 bits per heavy atom. The Balaban J connectivity index is 1.02. The quantitative estimate of drug-likeness (QED) is 0.304. The van der Waals surface area contributed by atoms with E-state index in [9.17, 15) is 0 Å². The number of hydrogen-bond donors (Lipinski definition) is 2. The molecule has 3 fully saturated rings. The first-order valence-electron chi connectivity index (χ1n) is 15.0. The zero-order valence-electron chi connectivity index (χ0n) is 22.3. The molecule has 3 nitrogen and oxygen atoms in total. The van der Waals surface area contributed by atoms with Gasteiger partial charge in [0, 0.05) is 18.0 Å². The summed E-state index contributed by atoms with van der Waals surface area (Å²) in [6.07, 6.45) is 21.0. The van der Waals surface area contributed by atoms with E-state index in [1.54, 1.807) is 0 Å². The van der Waals surface area contributed by atoms with Crippen LogP contribution in [0.15, 0.2) is 42.5 Å². The molecule has 36 heavy (non-hydrogen) atoms. The molecule has 0 saturated heterocycles. The fourth-order valence-corrected chi connectivity index (χ4v) is 7.43. The fraction of sp³-hybridized carbons (Fsp3) is 0.636. The molecule has 0 heterocycles. The lowest BCUT2D eigenvalue weighted by Crippen LogP contribution is -2.27. The van der Waals surface area contributed by atoms with Gasteiger partial charge in [0.15, 0.2) is 0 Å². The smallest absolute Gasteiger partial charge is 0.0575 e. The van der Waals surface area contributed by atoms with Crippen molar-refractivity contribution in [3.05, 3.63) is 59.2 Å². The van der Waals surface area contributed by atoms with E-state index in [4.69, 9.17) is 16.2 Å². The van der Waals surface area contributed by atoms with Gasteiger partial charge in [-0.25, -0.2) is 0 Å². The Bertz CT molecular complexity index is 910. The third kappa shape index (κ3) is 7.06. The highest BCUT2D eigenvalue weighted by atomic mass is 16.5. The van der Waals surface area contributed by atoms with Crippen molar-refractivity contribution in [3.8, 4) is 0 Å². The van der Waals surface area contributed by atoms with Crippen LogP contribution in [0.2, 0.25) is 0 Å². The maximum Gasteiger partial charge on any atom is 0.0575 e. The Hall–Kier alpha value is -2.00. The molecule has 0 unspecified atom stereocenters. The number of rotatable bonds is 7. The number of nitrogens with two attached hydrogens (primary N) is 2. The third-order valence-corrected chi connectivity index (χ3v) is 9.60. The predicted molar refractivity (Wildman–Crippen MR) is 152 cm³/mol. The molecule has 0 spiro atoms. The second kappa shape index (κ2) is 12.5. The van der Waals surface area contributed by atoms with Gasteiger partial charge in [-0.15, -0.1) is 0 Å². The van der Waals surface area contributed by atoms with Crippen LogP contribution in [-0.2, 0) is 11.2 Å². The van der Waals surface area contributed by atoms with Crippen molar-refractivity contribution < 1.29 is 4.74 Å². The van der Waals surface area contributed by atoms with Crippen LogP contribution in [0, 0.1) is 17.8 Å². The van der Waals surface area contributed by atoms with Gasteiger partial charge in [-0.2, -0.15) is 0 Å². The first-order valence-corrected chi connectivity index (χ1v) is 15.0. The van der Waals surface area contributed by atoms with Gasteiger partial charge >= 0.3 is 0 Å². The van der Waals surface area contributed by atoms with Crippen LogP contribution in [-0.4, -0.2) is 12.7 Å². The van der Waals surface area contributed by atoms with Crippen LogP contribution in [0.3, 0.4) is 0 Å². The summed E-state index contributed by atoms with van der Waals surface area (Å²) in [6.45, 7) is 1.01. The summed E-state index contributed by atoms with van der Waals surface area (Å²) in [5.74, 6) is 3.55. The predicted octanol–water partition coefficient (Wildman–Crippen LogP) is 8.26. The van der Waals surface area contributed by atoms with Gasteiger partial charge < -0.3 is 16.2 Å². The van der Waals surface area contributed by atoms with Gasteiger partial charge in [0.1, 0.15) is 0 Å². The van der Waals surface area contributed by atoms with Crippen molar-refractivity contribution in [2.24, 2.45) is 17.8 Å². The SMILES string of the molecule is Nc1cc(N)cc(Cc2ccc(C3CCC(OCC4CCC(C5CCCCCC5)CC4)CC3)cc2)c1. The van der Waals surface area contributed by atoms with Crippen molar-refractivity contribution in [1.29, 1.82) is 0 Å². The summed E-state index contributed by atoms with van der Waals surface area (Å²) < 4.78 is 6.49. The molecule has 0 amide bonds. The first kappa shape index (κ1) is 25.6. The number of benzene rings is 2. The minimum absolute atomic E-state index is 0.481. The molecule has 0 aliphatic heterocycles. The first-order chi connectivity index (χ1) is 17.6. The molecular formula is C33H48N2O. The monoisotopic (exact) mass is 488 g/mol. The molecule has 0 bridgehead atoms. The van der Waals surface area contributed by atoms with Gasteiger partial charge in [0.2, 0.25) is 0 Å². The Morgan fingerprint density at radius 2 is 1.22 bits per heavy atom. The molecule has 3 aliphatic rings. The molecule has 2 aromatic carbocycles. The highest BCUT2D eigenvalue weighted by Crippen LogP contribution is 2.40. The molecule has 5 rings (SSSR count). The van der Waals surface area contributed by atoms with Crippen molar-refractivity contribution >= 4 is 11.4 Å². The summed E-state index contributed by atoms with van der Waals surface area (Å²) in [4.78, 5) is 0. The molecule has 3 aliphatic carbocycles. The van der Waals surface area contributed by atoms with E-state index in [2.05, 4.69) is 24.3 Å². The van der Waals surface area contributed by atoms with Crippen molar-refractivity contribution in [2.75, 3.05) is 18.1 Å². The molecule has 0 atom stereocenters. The zero-order chi connectivity index (χ0) is 24.7. The second-order valence-corrected chi connectivity index (χ2v) is 12.3. The van der Waals surface area contributed by atoms with Crippen LogP contribution in [0.1, 0.15) is 112 Å². The lowest BCUT2D eigenvalue weighted by atomic mass is 9.73. The molecule has 196 valence electrons. The van der Waals surface area contributed by atoms with E-state index >= 15 is 0 Å². The van der Waals surface area contributed by atoms with E-state index in [1.165, 1.54) is 107 Å². The maximum atomic E-state index is 6.49. The summed E-state index contributed by atoms with van der Waals surface area (Å²) in [5.41, 5.74) is 17.4. The largest absolute Gasteiger partial charge is 0.399 e. The maximum absolute atomic E-state index is 6.49. The number of nitrogen functional groups attached to an aromatic ring is 2. The number of anilines is 2. The van der Waals surface area contributed by atoms with Gasteiger partial charge in [0.05, 0.1) is 6.10 Å². The minimum Gasteiger partial charge on any atom is -0.399 e. The molecule has 4 N–H and O–H groups in total. The van der Waals surface area contributed by atoms with Crippen LogP contribution in [0.5, 0.6) is 0 Å². The summed E-state index contributed by atoms with van der Waals surface area (Å²) in [5, 5.41) is 0. The van der Waals surface area contributed by atoms with Crippen LogP contribution in [0.4, 0.5) is 11.4 Å². The minimum atomic E-state index is 0.481. The number of ether oxygens (including phenoxy) is 1. The molecule has 3 saturated carbocycles. The molecule has 0 radical (unpaired) electrons. The molecule has 2 aromatic rings. The lowest BCUT2D eigenvalue weighted by Gasteiger charge is -2.35. The van der Waals surface area contributed by atoms with Crippen molar-refractivity contribution in [1.82, 2.24) is 0 Å². The normalized spacial score (nSPS) is 28.0. The highest BCUT2D eigenvalue weighted by molar-refractivity contribution is 5.55.